The molecule has 4 N–H and O–H groups in total. The number of hydrogen-bond acceptors (Lipinski definition) is 13. The quantitative estimate of drug-likeness (QED) is 0.0284. The zero-order chi connectivity index (χ0) is 58.9. The lowest BCUT2D eigenvalue weighted by Gasteiger charge is -2.36. The van der Waals surface area contributed by atoms with Gasteiger partial charge in [-0.2, -0.15) is 0 Å². The number of amides is 2. The van der Waals surface area contributed by atoms with Gasteiger partial charge in [-0.05, 0) is 136 Å². The van der Waals surface area contributed by atoms with Gasteiger partial charge in [0.25, 0.3) is 5.91 Å². The summed E-state index contributed by atoms with van der Waals surface area (Å²) >= 11 is 1.64. The van der Waals surface area contributed by atoms with Gasteiger partial charge >= 0.3 is 0 Å². The second kappa shape index (κ2) is 33.7. The van der Waals surface area contributed by atoms with Crippen molar-refractivity contribution in [3.63, 3.8) is 0 Å². The molecule has 0 radical (unpaired) electrons. The monoisotopic (exact) mass is 1160 g/mol. The summed E-state index contributed by atoms with van der Waals surface area (Å²) in [4.78, 5) is 48.8. The van der Waals surface area contributed by atoms with Gasteiger partial charge in [-0.1, -0.05) is 132 Å². The summed E-state index contributed by atoms with van der Waals surface area (Å²) in [5.74, 6) is 0.809. The zero-order valence-electron chi connectivity index (χ0n) is 51.0. The van der Waals surface area contributed by atoms with Gasteiger partial charge in [-0.15, -0.1) is 11.3 Å². The second-order valence-electron chi connectivity index (χ2n) is 24.4. The van der Waals surface area contributed by atoms with E-state index in [9.17, 15) is 14.7 Å². The molecule has 4 aromatic carbocycles. The lowest BCUT2D eigenvalue weighted by Crippen LogP contribution is -2.46. The number of aryl methyl sites for hydroxylation is 2. The third kappa shape index (κ3) is 21.0. The van der Waals surface area contributed by atoms with Crippen LogP contribution in [0.2, 0.25) is 0 Å². The Bertz CT molecular complexity index is 2890. The van der Waals surface area contributed by atoms with Crippen LogP contribution in [0, 0.1) is 25.2 Å². The number of aliphatic hydroxyl groups excluding tert-OH is 1. The minimum absolute atomic E-state index is 0.0103. The van der Waals surface area contributed by atoms with E-state index in [0.29, 0.717) is 42.6 Å². The fraction of sp³-hybridized carbons (Fsp3) is 0.522. The third-order valence-electron chi connectivity index (χ3n) is 16.8. The minimum Gasteiger partial charge on any atom is -0.392 e. The van der Waals surface area contributed by atoms with E-state index in [2.05, 4.69) is 97.8 Å². The molecule has 15 heteroatoms. The second-order valence-corrected chi connectivity index (χ2v) is 25.3. The number of aliphatic hydroxyl groups is 1. The maximum atomic E-state index is 13.5. The van der Waals surface area contributed by atoms with Crippen molar-refractivity contribution < 1.29 is 24.2 Å². The van der Waals surface area contributed by atoms with E-state index >= 15 is 0 Å². The highest BCUT2D eigenvalue weighted by Crippen LogP contribution is 2.34. The van der Waals surface area contributed by atoms with Crippen LogP contribution in [0.15, 0.2) is 115 Å². The molecule has 2 aliphatic heterocycles. The topological polar surface area (TPSA) is 157 Å². The summed E-state index contributed by atoms with van der Waals surface area (Å²) in [5, 5.41) is 20.2. The van der Waals surface area contributed by atoms with Crippen molar-refractivity contribution >= 4 is 40.5 Å². The van der Waals surface area contributed by atoms with Crippen molar-refractivity contribution in [2.45, 2.75) is 150 Å². The van der Waals surface area contributed by atoms with Crippen molar-refractivity contribution in [1.82, 2.24) is 35.0 Å². The molecule has 84 heavy (non-hydrogen) atoms. The van der Waals surface area contributed by atoms with E-state index in [0.717, 1.165) is 150 Å². The maximum Gasteiger partial charge on any atom is 0.255 e. The Hall–Kier alpha value is -5.91. The van der Waals surface area contributed by atoms with Crippen molar-refractivity contribution in [3.05, 3.63) is 143 Å². The first kappa shape index (κ1) is 64.1. The van der Waals surface area contributed by atoms with Gasteiger partial charge < -0.3 is 35.4 Å². The zero-order valence-corrected chi connectivity index (χ0v) is 51.8. The number of carbonyl (C=O) groups excluding carboxylic acids is 2. The number of likely N-dealkylation sites (tertiary alicyclic amines) is 1. The summed E-state index contributed by atoms with van der Waals surface area (Å²) in [7, 11) is 0. The number of unbranched alkanes of at least 4 members (excludes halogenated alkanes) is 9. The molecule has 2 amide bonds. The predicted octanol–water partition coefficient (Wildman–Crippen LogP) is 13.5. The van der Waals surface area contributed by atoms with E-state index < -0.39 is 6.10 Å². The number of aromatic nitrogens is 3. The Morgan fingerprint density at radius 3 is 2.04 bits per heavy atom. The fourth-order valence-electron chi connectivity index (χ4n) is 11.4. The number of rotatable bonds is 34. The average Bonchev–Trinajstić information content (AvgIpc) is 4.32. The van der Waals surface area contributed by atoms with Crippen molar-refractivity contribution in [2.75, 3.05) is 82.9 Å². The Morgan fingerprint density at radius 1 is 0.714 bits per heavy atom. The minimum atomic E-state index is -0.473. The summed E-state index contributed by atoms with van der Waals surface area (Å²) in [6.07, 6.45) is 17.0. The standard InChI is InChI=1S/C69H95N9O5S/c1-52-24-33-60(45-63(52)75-68-70-35-34-62(74-68)56-21-13-11-14-22-56)73-66(80)58-31-27-55(28-32-58)48-77-39-37-76(38-40-77)36-16-8-10-18-42-83-44-20-12-19-43-82-41-17-9-6-7-15-23-59(69(3,4)5)49-78-50-61(79)46-64(78)67(81)71-47-54-25-29-57(30-26-54)65-53(2)72-51-84-65/h11,13-14,21-22,24-35,45,51,59,61,64,79H,6-10,12,15-20,23,36-44,46-50H2,1-5H3,(H,71,81)(H,73,80)(H,70,74,75)/t59-,61-,64+/m1/s1. The number of hydrogen-bond donors (Lipinski definition) is 4. The average molecular weight is 1160 g/mol. The van der Waals surface area contributed by atoms with Crippen LogP contribution < -0.4 is 16.0 Å². The molecule has 2 saturated heterocycles. The molecule has 452 valence electrons. The predicted molar refractivity (Wildman–Crippen MR) is 343 cm³/mol. The maximum absolute atomic E-state index is 13.5. The van der Waals surface area contributed by atoms with Gasteiger partial charge in [0.15, 0.2) is 0 Å². The molecule has 0 aliphatic carbocycles. The number of piperazine rings is 1. The fourth-order valence-corrected chi connectivity index (χ4v) is 12.3. The smallest absolute Gasteiger partial charge is 0.255 e. The molecule has 2 aromatic heterocycles. The number of carbonyl (C=O) groups is 2. The lowest BCUT2D eigenvalue weighted by atomic mass is 9.77. The number of nitrogens with one attached hydrogen (secondary N) is 3. The highest BCUT2D eigenvalue weighted by atomic mass is 32.1. The van der Waals surface area contributed by atoms with Crippen molar-refractivity contribution in [2.24, 2.45) is 11.3 Å². The Labute approximate surface area is 505 Å². The van der Waals surface area contributed by atoms with Crippen LogP contribution in [0.1, 0.15) is 143 Å². The Kier molecular flexibility index (Phi) is 25.7. The summed E-state index contributed by atoms with van der Waals surface area (Å²) < 4.78 is 12.0. The Morgan fingerprint density at radius 2 is 1.36 bits per heavy atom. The molecule has 0 unspecified atom stereocenters. The summed E-state index contributed by atoms with van der Waals surface area (Å²) in [6, 6.07) is 33.8. The van der Waals surface area contributed by atoms with Crippen LogP contribution in [0.5, 0.6) is 0 Å². The SMILES string of the molecule is Cc1ccc(NC(=O)c2ccc(CN3CCN(CCCCCCOCCCCCOCCCCCCC[C@H](CN4C[C@H](O)C[C@H]4C(=O)NCc4ccc(-c5scnc5C)cc4)C(C)(C)C)CC3)cc2)cc1Nc1nccc(-c2ccccc2)n1. The van der Waals surface area contributed by atoms with E-state index in [1.54, 1.807) is 17.5 Å². The van der Waals surface area contributed by atoms with Crippen molar-refractivity contribution in [3.8, 4) is 21.7 Å². The van der Waals surface area contributed by atoms with Gasteiger partial charge in [0.1, 0.15) is 0 Å². The number of β-amino-alcohol motifs (C(OH)–C–C–N with tert-alkyl or cyclic N) is 1. The third-order valence-corrected chi connectivity index (χ3v) is 17.8. The van der Waals surface area contributed by atoms with Gasteiger partial charge in [-0.25, -0.2) is 15.0 Å². The Balaban J connectivity index is 0.582. The molecule has 8 rings (SSSR count). The first-order chi connectivity index (χ1) is 40.8. The summed E-state index contributed by atoms with van der Waals surface area (Å²) in [5.41, 5.74) is 11.5. The summed E-state index contributed by atoms with van der Waals surface area (Å²) in [6.45, 7) is 22.6. The lowest BCUT2D eigenvalue weighted by molar-refractivity contribution is -0.126. The molecule has 14 nitrogen and oxygen atoms in total. The first-order valence-corrected chi connectivity index (χ1v) is 32.2. The van der Waals surface area contributed by atoms with Gasteiger partial charge in [0, 0.05) is 107 Å². The van der Waals surface area contributed by atoms with Crippen LogP contribution in [0.3, 0.4) is 0 Å². The normalized spacial score (nSPS) is 16.5. The first-order valence-electron chi connectivity index (χ1n) is 31.3. The molecule has 2 aliphatic rings. The number of thiazole rings is 1. The van der Waals surface area contributed by atoms with Crippen LogP contribution in [0.25, 0.3) is 21.7 Å². The molecule has 2 fully saturated rings. The van der Waals surface area contributed by atoms with Gasteiger partial charge in [0.2, 0.25) is 11.9 Å². The number of nitrogens with zero attached hydrogens (tertiary/aromatic N) is 6. The van der Waals surface area contributed by atoms with Gasteiger partial charge in [0.05, 0.1) is 33.9 Å². The molecule has 6 aromatic rings. The van der Waals surface area contributed by atoms with Gasteiger partial charge in [-0.3, -0.25) is 19.4 Å². The van der Waals surface area contributed by atoms with E-state index in [1.807, 2.05) is 86.1 Å². The van der Waals surface area contributed by atoms with Crippen LogP contribution in [-0.2, 0) is 27.4 Å². The molecule has 4 heterocycles. The molecular formula is C69H95N9O5S. The van der Waals surface area contributed by atoms with Crippen molar-refractivity contribution in [1.29, 1.82) is 0 Å². The number of anilines is 3. The highest BCUT2D eigenvalue weighted by Gasteiger charge is 2.38. The van der Waals surface area contributed by atoms with E-state index in [-0.39, 0.29) is 23.3 Å². The van der Waals surface area contributed by atoms with E-state index in [1.165, 1.54) is 55.4 Å². The highest BCUT2D eigenvalue weighted by molar-refractivity contribution is 7.13. The molecule has 3 atom stereocenters. The van der Waals surface area contributed by atoms with Crippen LogP contribution in [-0.4, -0.2) is 131 Å². The van der Waals surface area contributed by atoms with E-state index in [4.69, 9.17) is 14.5 Å². The van der Waals surface area contributed by atoms with Crippen LogP contribution in [0.4, 0.5) is 17.3 Å². The molecule has 0 bridgehead atoms. The molecule has 0 spiro atoms. The van der Waals surface area contributed by atoms with Crippen LogP contribution >= 0.6 is 11.3 Å². The number of benzene rings is 4. The molecular weight excluding hydrogens is 1070 g/mol. The largest absolute Gasteiger partial charge is 0.392 e. The number of ether oxygens (including phenoxy) is 2. The molecule has 0 saturated carbocycles.